The van der Waals surface area contributed by atoms with Crippen molar-refractivity contribution in [3.8, 4) is 0 Å². The molecule has 2 unspecified atom stereocenters. The molecule has 0 spiro atoms. The van der Waals surface area contributed by atoms with Gasteiger partial charge in [-0.1, -0.05) is 13.8 Å². The van der Waals surface area contributed by atoms with Crippen molar-refractivity contribution in [3.63, 3.8) is 0 Å². The summed E-state index contributed by atoms with van der Waals surface area (Å²) in [5.41, 5.74) is 0.562. The molecule has 0 saturated heterocycles. The van der Waals surface area contributed by atoms with E-state index in [1.54, 1.807) is 11.3 Å². The number of thiazole rings is 1. The van der Waals surface area contributed by atoms with E-state index in [1.165, 1.54) is 0 Å². The third-order valence-corrected chi connectivity index (χ3v) is 4.02. The monoisotopic (exact) mass is 327 g/mol. The predicted molar refractivity (Wildman–Crippen MR) is 91.3 cm³/mol. The van der Waals surface area contributed by atoms with E-state index in [1.807, 2.05) is 27.7 Å². The molecule has 0 radical (unpaired) electrons. The van der Waals surface area contributed by atoms with Gasteiger partial charge in [0, 0.05) is 24.0 Å². The third-order valence-electron chi connectivity index (χ3n) is 3.23. The summed E-state index contributed by atoms with van der Waals surface area (Å²) < 4.78 is 5.32. The summed E-state index contributed by atoms with van der Waals surface area (Å²) in [6, 6.07) is 0.170. The maximum Gasteiger partial charge on any atom is 0.407 e. The van der Waals surface area contributed by atoms with Gasteiger partial charge in [-0.25, -0.2) is 9.78 Å². The molecular weight excluding hydrogens is 298 g/mol. The number of carbonyl (C=O) groups is 1. The highest BCUT2D eigenvalue weighted by molar-refractivity contribution is 7.09. The Morgan fingerprint density at radius 1 is 1.36 bits per heavy atom. The van der Waals surface area contributed by atoms with Gasteiger partial charge in [0.1, 0.15) is 5.60 Å². The van der Waals surface area contributed by atoms with E-state index in [-0.39, 0.29) is 18.2 Å². The summed E-state index contributed by atoms with van der Waals surface area (Å²) in [6.45, 7) is 14.5. The first-order chi connectivity index (χ1) is 10.1. The molecule has 0 bridgehead atoms. The van der Waals surface area contributed by atoms with E-state index in [4.69, 9.17) is 4.74 Å². The third kappa shape index (κ3) is 6.75. The summed E-state index contributed by atoms with van der Waals surface area (Å²) in [5.74, 6) is 0.310. The van der Waals surface area contributed by atoms with Crippen molar-refractivity contribution >= 4 is 17.4 Å². The summed E-state index contributed by atoms with van der Waals surface area (Å²) in [7, 11) is 0. The highest BCUT2D eigenvalue weighted by atomic mass is 32.1. The largest absolute Gasteiger partial charge is 0.444 e. The van der Waals surface area contributed by atoms with Crippen molar-refractivity contribution < 1.29 is 9.53 Å². The molecule has 126 valence electrons. The maximum absolute atomic E-state index is 11.9. The second-order valence-corrected chi connectivity index (χ2v) is 7.98. The van der Waals surface area contributed by atoms with E-state index in [0.29, 0.717) is 12.5 Å². The van der Waals surface area contributed by atoms with E-state index >= 15 is 0 Å². The van der Waals surface area contributed by atoms with Gasteiger partial charge < -0.3 is 15.4 Å². The maximum atomic E-state index is 11.9. The first-order valence-corrected chi connectivity index (χ1v) is 8.61. The molecule has 1 aromatic heterocycles. The van der Waals surface area contributed by atoms with Crippen LogP contribution in [0.4, 0.5) is 4.79 Å². The number of alkyl carbamates (subject to hydrolysis) is 1. The minimum atomic E-state index is -0.482. The molecule has 0 aliphatic rings. The number of hydrogen-bond donors (Lipinski definition) is 2. The first kappa shape index (κ1) is 18.9. The lowest BCUT2D eigenvalue weighted by Gasteiger charge is -2.27. The van der Waals surface area contributed by atoms with Gasteiger partial charge in [0.15, 0.2) is 0 Å². The second-order valence-electron chi connectivity index (χ2n) is 6.92. The van der Waals surface area contributed by atoms with Crippen molar-refractivity contribution in [1.29, 1.82) is 0 Å². The highest BCUT2D eigenvalue weighted by Gasteiger charge is 2.22. The number of carbonyl (C=O) groups excluding carboxylic acids is 1. The number of hydrogen-bond acceptors (Lipinski definition) is 5. The predicted octanol–water partition coefficient (Wildman–Crippen LogP) is 3.65. The molecule has 1 heterocycles. The molecular formula is C16H29N3O2S. The van der Waals surface area contributed by atoms with Gasteiger partial charge in [0.2, 0.25) is 0 Å². The zero-order chi connectivity index (χ0) is 16.9. The molecule has 0 aliphatic heterocycles. The molecule has 0 aliphatic carbocycles. The number of rotatable bonds is 6. The van der Waals surface area contributed by atoms with Gasteiger partial charge in [-0.05, 0) is 40.5 Å². The van der Waals surface area contributed by atoms with Crippen LogP contribution in [0.2, 0.25) is 0 Å². The molecule has 22 heavy (non-hydrogen) atoms. The van der Waals surface area contributed by atoms with Gasteiger partial charge >= 0.3 is 6.09 Å². The molecule has 1 amide bonds. The summed E-state index contributed by atoms with van der Waals surface area (Å²) in [6.07, 6.45) is -0.370. The Kier molecular flexibility index (Phi) is 6.81. The smallest absolute Gasteiger partial charge is 0.407 e. The number of nitrogens with zero attached hydrogens (tertiary/aromatic N) is 1. The van der Waals surface area contributed by atoms with Crippen molar-refractivity contribution in [2.75, 3.05) is 6.54 Å². The SMILES string of the molecule is Cc1nc(C(C)NCC(NC(=O)OC(C)(C)C)C(C)C)cs1. The summed E-state index contributed by atoms with van der Waals surface area (Å²) in [4.78, 5) is 16.4. The van der Waals surface area contributed by atoms with Gasteiger partial charge in [0.25, 0.3) is 0 Å². The van der Waals surface area contributed by atoms with Crippen molar-refractivity contribution in [2.45, 2.75) is 66.2 Å². The Balaban J connectivity index is 2.52. The van der Waals surface area contributed by atoms with Crippen LogP contribution in [-0.4, -0.2) is 29.3 Å². The van der Waals surface area contributed by atoms with Crippen molar-refractivity contribution in [2.24, 2.45) is 5.92 Å². The topological polar surface area (TPSA) is 63.2 Å². The van der Waals surface area contributed by atoms with E-state index in [9.17, 15) is 4.79 Å². The Bertz CT molecular complexity index is 480. The van der Waals surface area contributed by atoms with E-state index in [2.05, 4.69) is 41.8 Å². The second kappa shape index (κ2) is 7.92. The fraction of sp³-hybridized carbons (Fsp3) is 0.750. The lowest BCUT2D eigenvalue weighted by molar-refractivity contribution is 0.0489. The van der Waals surface area contributed by atoms with Crippen LogP contribution in [0.5, 0.6) is 0 Å². The van der Waals surface area contributed by atoms with Crippen LogP contribution in [-0.2, 0) is 4.74 Å². The fourth-order valence-corrected chi connectivity index (χ4v) is 2.61. The lowest BCUT2D eigenvalue weighted by atomic mass is 10.0. The molecule has 2 N–H and O–H groups in total. The van der Waals surface area contributed by atoms with Crippen molar-refractivity contribution in [3.05, 3.63) is 16.1 Å². The van der Waals surface area contributed by atoms with Crippen LogP contribution in [0.1, 0.15) is 58.3 Å². The van der Waals surface area contributed by atoms with Gasteiger partial charge in [-0.2, -0.15) is 0 Å². The Hall–Kier alpha value is -1.14. The van der Waals surface area contributed by atoms with Crippen molar-refractivity contribution in [1.82, 2.24) is 15.6 Å². The molecule has 5 nitrogen and oxygen atoms in total. The minimum Gasteiger partial charge on any atom is -0.444 e. The normalized spacial score (nSPS) is 14.7. The quantitative estimate of drug-likeness (QED) is 0.837. The van der Waals surface area contributed by atoms with Crippen LogP contribution in [0.3, 0.4) is 0 Å². The Labute approximate surface area is 137 Å². The zero-order valence-electron chi connectivity index (χ0n) is 14.7. The average molecular weight is 327 g/mol. The average Bonchev–Trinajstić information content (AvgIpc) is 2.78. The van der Waals surface area contributed by atoms with Gasteiger partial charge in [0.05, 0.1) is 10.7 Å². The molecule has 0 aromatic carbocycles. The van der Waals surface area contributed by atoms with Crippen LogP contribution in [0.15, 0.2) is 5.38 Å². The number of amides is 1. The standard InChI is InChI=1S/C16H29N3O2S/c1-10(2)13(19-15(20)21-16(5,6)7)8-17-11(3)14-9-22-12(4)18-14/h9-11,13,17H,8H2,1-7H3,(H,19,20). The molecule has 2 atom stereocenters. The van der Waals surface area contributed by atoms with Crippen LogP contribution in [0.25, 0.3) is 0 Å². The molecule has 0 saturated carbocycles. The summed E-state index contributed by atoms with van der Waals surface area (Å²) in [5, 5.41) is 9.51. The number of ether oxygens (including phenoxy) is 1. The van der Waals surface area contributed by atoms with E-state index in [0.717, 1.165) is 10.7 Å². The number of aromatic nitrogens is 1. The van der Waals surface area contributed by atoms with Crippen LogP contribution < -0.4 is 10.6 Å². The molecule has 1 rings (SSSR count). The van der Waals surface area contributed by atoms with Crippen LogP contribution in [0, 0.1) is 12.8 Å². The number of aryl methyl sites for hydroxylation is 1. The lowest BCUT2D eigenvalue weighted by Crippen LogP contribution is -2.47. The van der Waals surface area contributed by atoms with Crippen LogP contribution >= 0.6 is 11.3 Å². The Morgan fingerprint density at radius 2 is 2.00 bits per heavy atom. The Morgan fingerprint density at radius 3 is 2.45 bits per heavy atom. The minimum absolute atomic E-state index is 0.0111. The fourth-order valence-electron chi connectivity index (χ4n) is 1.90. The molecule has 0 fully saturated rings. The van der Waals surface area contributed by atoms with Gasteiger partial charge in [-0.3, -0.25) is 0 Å². The molecule has 1 aromatic rings. The first-order valence-electron chi connectivity index (χ1n) is 7.73. The van der Waals surface area contributed by atoms with Gasteiger partial charge in [-0.15, -0.1) is 11.3 Å². The molecule has 6 heteroatoms. The number of nitrogens with one attached hydrogen (secondary N) is 2. The zero-order valence-corrected chi connectivity index (χ0v) is 15.5. The summed E-state index contributed by atoms with van der Waals surface area (Å²) >= 11 is 1.65. The highest BCUT2D eigenvalue weighted by Crippen LogP contribution is 2.16. The van der Waals surface area contributed by atoms with E-state index < -0.39 is 5.60 Å².